The quantitative estimate of drug-likeness (QED) is 0.854. The molecule has 0 aromatic heterocycles. The molecule has 1 aliphatic rings. The van der Waals surface area contributed by atoms with E-state index in [2.05, 4.69) is 15.9 Å². The fourth-order valence-electron chi connectivity index (χ4n) is 2.35. The van der Waals surface area contributed by atoms with E-state index < -0.39 is 6.10 Å². The van der Waals surface area contributed by atoms with Crippen LogP contribution in [-0.2, 0) is 0 Å². The predicted octanol–water partition coefficient (Wildman–Crippen LogP) is 4.15. The van der Waals surface area contributed by atoms with Gasteiger partial charge in [-0.1, -0.05) is 34.1 Å². The third kappa shape index (κ3) is 2.38. The summed E-state index contributed by atoms with van der Waals surface area (Å²) in [6.45, 7) is 0. The van der Waals surface area contributed by atoms with Gasteiger partial charge < -0.3 is 9.84 Å². The monoisotopic (exact) mass is 322 g/mol. The number of ether oxygens (including phenoxy) is 1. The lowest BCUT2D eigenvalue weighted by Crippen LogP contribution is -2.19. The zero-order valence-corrected chi connectivity index (χ0v) is 11.6. The van der Waals surface area contributed by atoms with Crippen molar-refractivity contribution in [2.24, 2.45) is 0 Å². The summed E-state index contributed by atoms with van der Waals surface area (Å²) in [7, 11) is 0. The first kappa shape index (κ1) is 12.6. The van der Waals surface area contributed by atoms with Gasteiger partial charge >= 0.3 is 0 Å². The first-order valence-electron chi connectivity index (χ1n) is 6.04. The fraction of sp³-hybridized carbons (Fsp3) is 0.200. The summed E-state index contributed by atoms with van der Waals surface area (Å²) in [6.07, 6.45) is -0.529. The van der Waals surface area contributed by atoms with Crippen LogP contribution in [0, 0.1) is 5.82 Å². The molecule has 1 heterocycles. The van der Waals surface area contributed by atoms with Crippen molar-refractivity contribution in [1.82, 2.24) is 0 Å². The Morgan fingerprint density at radius 3 is 2.79 bits per heavy atom. The van der Waals surface area contributed by atoms with Gasteiger partial charge in [-0.25, -0.2) is 4.39 Å². The van der Waals surface area contributed by atoms with Crippen molar-refractivity contribution >= 4 is 15.9 Å². The Labute approximate surface area is 119 Å². The van der Waals surface area contributed by atoms with Crippen molar-refractivity contribution in [3.05, 3.63) is 63.9 Å². The van der Waals surface area contributed by atoms with Crippen LogP contribution in [0.3, 0.4) is 0 Å². The van der Waals surface area contributed by atoms with E-state index in [0.717, 1.165) is 10.0 Å². The molecule has 2 atom stereocenters. The third-order valence-corrected chi connectivity index (χ3v) is 4.01. The first-order chi connectivity index (χ1) is 9.15. The van der Waals surface area contributed by atoms with Gasteiger partial charge in [0.05, 0.1) is 6.10 Å². The van der Waals surface area contributed by atoms with E-state index in [1.165, 1.54) is 12.1 Å². The van der Waals surface area contributed by atoms with E-state index in [0.29, 0.717) is 17.7 Å². The summed E-state index contributed by atoms with van der Waals surface area (Å²) in [6, 6.07) is 11.9. The Morgan fingerprint density at radius 2 is 1.95 bits per heavy atom. The number of hydrogen-bond donors (Lipinski definition) is 1. The van der Waals surface area contributed by atoms with Crippen LogP contribution in [0.1, 0.15) is 29.8 Å². The van der Waals surface area contributed by atoms with Crippen molar-refractivity contribution in [3.63, 3.8) is 0 Å². The van der Waals surface area contributed by atoms with Crippen LogP contribution in [0.25, 0.3) is 0 Å². The molecule has 98 valence electrons. The summed E-state index contributed by atoms with van der Waals surface area (Å²) in [5.41, 5.74) is 1.50. The van der Waals surface area contributed by atoms with Crippen LogP contribution in [0.15, 0.2) is 46.9 Å². The normalized spacial score (nSPS) is 21.6. The standard InChI is InChI=1S/C15H12BrFO2/c16-12-6-5-9(17)7-11(12)15-8-13(18)10-3-1-2-4-14(10)19-15/h1-7,13,15,18H,8H2. The number of halogens is 2. The smallest absolute Gasteiger partial charge is 0.128 e. The van der Waals surface area contributed by atoms with Gasteiger partial charge in [-0.05, 0) is 24.3 Å². The molecule has 19 heavy (non-hydrogen) atoms. The summed E-state index contributed by atoms with van der Waals surface area (Å²) >= 11 is 3.40. The minimum atomic E-state index is -0.592. The Kier molecular flexibility index (Phi) is 3.29. The van der Waals surface area contributed by atoms with Gasteiger partial charge in [-0.3, -0.25) is 0 Å². The van der Waals surface area contributed by atoms with Gasteiger partial charge in [0.2, 0.25) is 0 Å². The van der Waals surface area contributed by atoms with E-state index in [1.54, 1.807) is 6.07 Å². The van der Waals surface area contributed by atoms with Gasteiger partial charge in [0.25, 0.3) is 0 Å². The Balaban J connectivity index is 1.99. The summed E-state index contributed by atoms with van der Waals surface area (Å²) in [5, 5.41) is 10.2. The lowest BCUT2D eigenvalue weighted by atomic mass is 9.95. The van der Waals surface area contributed by atoms with Crippen molar-refractivity contribution in [1.29, 1.82) is 0 Å². The number of hydrogen-bond acceptors (Lipinski definition) is 2. The number of aliphatic hydroxyl groups is 1. The molecular formula is C15H12BrFO2. The maximum atomic E-state index is 13.4. The Morgan fingerprint density at radius 1 is 1.16 bits per heavy atom. The molecule has 0 bridgehead atoms. The zero-order valence-electron chi connectivity index (χ0n) is 10.0. The van der Waals surface area contributed by atoms with Gasteiger partial charge in [0, 0.05) is 22.0 Å². The van der Waals surface area contributed by atoms with Gasteiger partial charge in [0.15, 0.2) is 0 Å². The second kappa shape index (κ2) is 4.94. The summed E-state index contributed by atoms with van der Waals surface area (Å²) in [4.78, 5) is 0. The molecule has 0 radical (unpaired) electrons. The average molecular weight is 323 g/mol. The molecule has 1 N–H and O–H groups in total. The highest BCUT2D eigenvalue weighted by Crippen LogP contribution is 2.42. The van der Waals surface area contributed by atoms with Crippen molar-refractivity contribution < 1.29 is 14.2 Å². The number of benzene rings is 2. The fourth-order valence-corrected chi connectivity index (χ4v) is 2.85. The average Bonchev–Trinajstić information content (AvgIpc) is 2.41. The molecule has 2 aromatic rings. The second-order valence-electron chi connectivity index (χ2n) is 4.56. The number of rotatable bonds is 1. The number of para-hydroxylation sites is 1. The van der Waals surface area contributed by atoms with E-state index in [1.807, 2.05) is 24.3 Å². The predicted molar refractivity (Wildman–Crippen MR) is 73.5 cm³/mol. The molecule has 1 aliphatic heterocycles. The van der Waals surface area contributed by atoms with Crippen LogP contribution in [0.4, 0.5) is 4.39 Å². The molecule has 0 saturated heterocycles. The lowest BCUT2D eigenvalue weighted by Gasteiger charge is -2.30. The van der Waals surface area contributed by atoms with Crippen molar-refractivity contribution in [3.8, 4) is 5.75 Å². The summed E-state index contributed by atoms with van der Waals surface area (Å²) in [5.74, 6) is 0.345. The maximum absolute atomic E-state index is 13.4. The van der Waals surface area contributed by atoms with Crippen molar-refractivity contribution in [2.75, 3.05) is 0 Å². The van der Waals surface area contributed by atoms with Crippen LogP contribution in [-0.4, -0.2) is 5.11 Å². The van der Waals surface area contributed by atoms with Crippen LogP contribution in [0.5, 0.6) is 5.75 Å². The van der Waals surface area contributed by atoms with E-state index in [-0.39, 0.29) is 11.9 Å². The highest BCUT2D eigenvalue weighted by molar-refractivity contribution is 9.10. The molecule has 2 unspecified atom stereocenters. The number of fused-ring (bicyclic) bond motifs is 1. The van der Waals surface area contributed by atoms with Gasteiger partial charge in [-0.2, -0.15) is 0 Å². The van der Waals surface area contributed by atoms with E-state index in [4.69, 9.17) is 4.74 Å². The minimum Gasteiger partial charge on any atom is -0.485 e. The third-order valence-electron chi connectivity index (χ3n) is 3.29. The topological polar surface area (TPSA) is 29.5 Å². The lowest BCUT2D eigenvalue weighted by molar-refractivity contribution is 0.0652. The minimum absolute atomic E-state index is 0.310. The number of aliphatic hydroxyl groups excluding tert-OH is 1. The van der Waals surface area contributed by atoms with E-state index >= 15 is 0 Å². The second-order valence-corrected chi connectivity index (χ2v) is 5.42. The maximum Gasteiger partial charge on any atom is 0.128 e. The van der Waals surface area contributed by atoms with Crippen LogP contribution >= 0.6 is 15.9 Å². The van der Waals surface area contributed by atoms with Crippen LogP contribution in [0.2, 0.25) is 0 Å². The van der Waals surface area contributed by atoms with Crippen LogP contribution < -0.4 is 4.74 Å². The molecule has 0 saturated carbocycles. The SMILES string of the molecule is OC1CC(c2cc(F)ccc2Br)Oc2ccccc21. The molecule has 0 fully saturated rings. The highest BCUT2D eigenvalue weighted by atomic mass is 79.9. The molecule has 0 amide bonds. The molecule has 3 rings (SSSR count). The zero-order chi connectivity index (χ0) is 13.4. The Hall–Kier alpha value is -1.39. The van der Waals surface area contributed by atoms with Crippen molar-refractivity contribution in [2.45, 2.75) is 18.6 Å². The van der Waals surface area contributed by atoms with Gasteiger partial charge in [0.1, 0.15) is 17.7 Å². The van der Waals surface area contributed by atoms with E-state index in [9.17, 15) is 9.50 Å². The first-order valence-corrected chi connectivity index (χ1v) is 6.83. The highest BCUT2D eigenvalue weighted by Gasteiger charge is 2.29. The molecule has 4 heteroatoms. The molecule has 2 aromatic carbocycles. The summed E-state index contributed by atoms with van der Waals surface area (Å²) < 4.78 is 20.0. The molecule has 0 aliphatic carbocycles. The largest absolute Gasteiger partial charge is 0.485 e. The molecular weight excluding hydrogens is 311 g/mol. The molecule has 0 spiro atoms. The Bertz CT molecular complexity index is 615. The molecule has 2 nitrogen and oxygen atoms in total. The van der Waals surface area contributed by atoms with Gasteiger partial charge in [-0.15, -0.1) is 0 Å².